The number of halogens is 1. The molecular weight excluding hydrogens is 415 g/mol. The van der Waals surface area contributed by atoms with Gasteiger partial charge in [0.2, 0.25) is 0 Å². The molecule has 0 saturated carbocycles. The Morgan fingerprint density at radius 2 is 1.83 bits per heavy atom. The van der Waals surface area contributed by atoms with E-state index in [1.54, 1.807) is 0 Å². The van der Waals surface area contributed by atoms with E-state index in [1.165, 1.54) is 52.1 Å². The van der Waals surface area contributed by atoms with Gasteiger partial charge in [0.25, 0.3) is 0 Å². The second kappa shape index (κ2) is 10.1. The third-order valence-electron chi connectivity index (χ3n) is 5.61. The molecule has 0 aromatic heterocycles. The van der Waals surface area contributed by atoms with Crippen LogP contribution in [0.1, 0.15) is 26.7 Å². The Balaban J connectivity index is 0.00000208. The summed E-state index contributed by atoms with van der Waals surface area (Å²) in [7, 11) is 0. The molecule has 0 spiro atoms. The molecule has 0 aliphatic carbocycles. The maximum absolute atomic E-state index is 4.88. The molecule has 0 radical (unpaired) electrons. The molecule has 7 heteroatoms. The molecule has 24 heavy (non-hydrogen) atoms. The minimum absolute atomic E-state index is 0. The highest BCUT2D eigenvalue weighted by Gasteiger charge is 2.31. The highest BCUT2D eigenvalue weighted by Crippen LogP contribution is 2.16. The summed E-state index contributed by atoms with van der Waals surface area (Å²) in [5, 5.41) is 6.99. The zero-order chi connectivity index (χ0) is 16.1. The number of rotatable bonds is 6. The molecule has 4 fully saturated rings. The van der Waals surface area contributed by atoms with Crippen LogP contribution in [0.5, 0.6) is 0 Å². The second-order valence-corrected chi connectivity index (χ2v) is 7.02. The van der Waals surface area contributed by atoms with E-state index in [4.69, 9.17) is 4.99 Å². The lowest BCUT2D eigenvalue weighted by Gasteiger charge is -2.47. The zero-order valence-electron chi connectivity index (χ0n) is 15.3. The van der Waals surface area contributed by atoms with Crippen LogP contribution in [0.2, 0.25) is 0 Å². The van der Waals surface area contributed by atoms with Crippen LogP contribution in [-0.4, -0.2) is 98.2 Å². The van der Waals surface area contributed by atoms with Gasteiger partial charge in [-0.25, -0.2) is 0 Å². The normalized spacial score (nSPS) is 33.3. The first-order valence-corrected chi connectivity index (χ1v) is 9.52. The lowest BCUT2D eigenvalue weighted by molar-refractivity contribution is 0.0174. The van der Waals surface area contributed by atoms with Crippen molar-refractivity contribution < 1.29 is 0 Å². The van der Waals surface area contributed by atoms with Crippen LogP contribution < -0.4 is 10.6 Å². The molecule has 4 rings (SSSR count). The van der Waals surface area contributed by atoms with Gasteiger partial charge >= 0.3 is 0 Å². The molecule has 4 saturated heterocycles. The number of nitrogens with zero attached hydrogens (tertiary/aromatic N) is 4. The number of likely N-dealkylation sites (N-methyl/N-ethyl adjacent to an activating group) is 1. The van der Waals surface area contributed by atoms with Gasteiger partial charge in [0.1, 0.15) is 0 Å². The van der Waals surface area contributed by atoms with Crippen molar-refractivity contribution >= 4 is 29.9 Å². The van der Waals surface area contributed by atoms with Crippen LogP contribution in [-0.2, 0) is 0 Å². The average molecular weight is 450 g/mol. The van der Waals surface area contributed by atoms with E-state index in [9.17, 15) is 0 Å². The van der Waals surface area contributed by atoms with Crippen molar-refractivity contribution in [3.63, 3.8) is 0 Å². The molecular formula is C17H35IN6. The van der Waals surface area contributed by atoms with E-state index in [2.05, 4.69) is 39.2 Å². The summed E-state index contributed by atoms with van der Waals surface area (Å²) >= 11 is 0. The van der Waals surface area contributed by atoms with Crippen LogP contribution in [0, 0.1) is 0 Å². The smallest absolute Gasteiger partial charge is 0.191 e. The first kappa shape index (κ1) is 20.2. The van der Waals surface area contributed by atoms with Crippen LogP contribution in [0.4, 0.5) is 0 Å². The van der Waals surface area contributed by atoms with Crippen molar-refractivity contribution in [1.82, 2.24) is 25.3 Å². The Kier molecular flexibility index (Phi) is 8.53. The number of piperazine rings is 3. The van der Waals surface area contributed by atoms with E-state index in [0.29, 0.717) is 12.1 Å². The van der Waals surface area contributed by atoms with Gasteiger partial charge in [-0.2, -0.15) is 0 Å². The van der Waals surface area contributed by atoms with Gasteiger partial charge in [0, 0.05) is 57.9 Å². The van der Waals surface area contributed by atoms with E-state index >= 15 is 0 Å². The lowest BCUT2D eigenvalue weighted by atomic mass is 10.1. The van der Waals surface area contributed by atoms with E-state index in [-0.39, 0.29) is 24.0 Å². The van der Waals surface area contributed by atoms with Crippen LogP contribution in [0.25, 0.3) is 0 Å². The Morgan fingerprint density at radius 1 is 1.04 bits per heavy atom. The molecule has 4 heterocycles. The van der Waals surface area contributed by atoms with Gasteiger partial charge in [-0.1, -0.05) is 6.92 Å². The molecule has 2 N–H and O–H groups in total. The van der Waals surface area contributed by atoms with Crippen molar-refractivity contribution in [1.29, 1.82) is 0 Å². The summed E-state index contributed by atoms with van der Waals surface area (Å²) in [4.78, 5) is 12.6. The van der Waals surface area contributed by atoms with Crippen LogP contribution in [0.15, 0.2) is 4.99 Å². The summed E-state index contributed by atoms with van der Waals surface area (Å²) in [6.07, 6.45) is 2.65. The quantitative estimate of drug-likeness (QED) is 0.354. The number of nitrogens with one attached hydrogen (secondary N) is 2. The maximum Gasteiger partial charge on any atom is 0.191 e. The Bertz CT molecular complexity index is 397. The first-order valence-electron chi connectivity index (χ1n) is 9.52. The highest BCUT2D eigenvalue weighted by molar-refractivity contribution is 14.0. The standard InChI is InChI=1S/C17H34N6.HI/c1-3-18-17(19-12-15-6-5-7-22(15)4-2)20-13-16-14-21-8-10-23(16)11-9-21;/h15-16H,3-14H2,1-2H3,(H2,18,19,20);1H. The van der Waals surface area contributed by atoms with E-state index < -0.39 is 0 Å². The third kappa shape index (κ3) is 5.19. The van der Waals surface area contributed by atoms with Gasteiger partial charge < -0.3 is 10.6 Å². The van der Waals surface area contributed by atoms with Gasteiger partial charge in [-0.15, -0.1) is 24.0 Å². The second-order valence-electron chi connectivity index (χ2n) is 7.02. The van der Waals surface area contributed by atoms with E-state index in [1.807, 2.05) is 0 Å². The number of guanidine groups is 1. The lowest BCUT2D eigenvalue weighted by Crippen LogP contribution is -2.62. The largest absolute Gasteiger partial charge is 0.357 e. The van der Waals surface area contributed by atoms with Crippen LogP contribution >= 0.6 is 24.0 Å². The van der Waals surface area contributed by atoms with Crippen molar-refractivity contribution in [3.05, 3.63) is 0 Å². The third-order valence-corrected chi connectivity index (χ3v) is 5.61. The average Bonchev–Trinajstić information content (AvgIpc) is 3.06. The van der Waals surface area contributed by atoms with Crippen molar-refractivity contribution in [2.75, 3.05) is 65.4 Å². The van der Waals surface area contributed by atoms with Gasteiger partial charge in [-0.05, 0) is 32.9 Å². The molecule has 6 nitrogen and oxygen atoms in total. The predicted molar refractivity (Wildman–Crippen MR) is 111 cm³/mol. The van der Waals surface area contributed by atoms with Crippen molar-refractivity contribution in [3.8, 4) is 0 Å². The minimum atomic E-state index is 0. The zero-order valence-corrected chi connectivity index (χ0v) is 17.7. The summed E-state index contributed by atoms with van der Waals surface area (Å²) < 4.78 is 0. The molecule has 2 atom stereocenters. The molecule has 2 bridgehead atoms. The summed E-state index contributed by atoms with van der Waals surface area (Å²) in [5.74, 6) is 0.994. The molecule has 140 valence electrons. The minimum Gasteiger partial charge on any atom is -0.357 e. The Morgan fingerprint density at radius 3 is 2.46 bits per heavy atom. The maximum atomic E-state index is 4.88. The fourth-order valence-corrected chi connectivity index (χ4v) is 4.19. The van der Waals surface area contributed by atoms with E-state index in [0.717, 1.165) is 32.1 Å². The molecule has 2 unspecified atom stereocenters. The van der Waals surface area contributed by atoms with Gasteiger partial charge in [0.15, 0.2) is 5.96 Å². The highest BCUT2D eigenvalue weighted by atomic mass is 127. The fourth-order valence-electron chi connectivity index (χ4n) is 4.19. The predicted octanol–water partition coefficient (Wildman–Crippen LogP) is 0.644. The monoisotopic (exact) mass is 450 g/mol. The molecule has 4 aliphatic rings. The number of hydrogen-bond acceptors (Lipinski definition) is 4. The van der Waals surface area contributed by atoms with Gasteiger partial charge in [0.05, 0.1) is 6.54 Å². The Hall–Kier alpha value is -0.120. The fraction of sp³-hybridized carbons (Fsp3) is 0.941. The SMILES string of the molecule is CCNC(=NCC1CN2CCN1CC2)NCC1CCCN1CC.I. The van der Waals surface area contributed by atoms with Gasteiger partial charge in [-0.3, -0.25) is 19.7 Å². The summed E-state index contributed by atoms with van der Waals surface area (Å²) in [6, 6.07) is 1.27. The van der Waals surface area contributed by atoms with Crippen LogP contribution in [0.3, 0.4) is 0 Å². The number of aliphatic imine (C=N–C) groups is 1. The number of hydrogen-bond donors (Lipinski definition) is 2. The van der Waals surface area contributed by atoms with Crippen molar-refractivity contribution in [2.24, 2.45) is 4.99 Å². The topological polar surface area (TPSA) is 46.1 Å². The first-order chi connectivity index (χ1) is 11.3. The molecule has 0 amide bonds. The number of likely N-dealkylation sites (tertiary alicyclic amines) is 1. The molecule has 0 aromatic carbocycles. The number of fused-ring (bicyclic) bond motifs is 3. The summed E-state index contributed by atoms with van der Waals surface area (Å²) in [6.45, 7) is 15.8. The molecule has 4 aliphatic heterocycles. The van der Waals surface area contributed by atoms with Crippen molar-refractivity contribution in [2.45, 2.75) is 38.8 Å². The summed E-state index contributed by atoms with van der Waals surface area (Å²) in [5.41, 5.74) is 0. The molecule has 0 aromatic rings. The Labute approximate surface area is 164 Å².